The van der Waals surface area contributed by atoms with Crippen molar-refractivity contribution in [3.63, 3.8) is 0 Å². The Morgan fingerprint density at radius 1 is 1.31 bits per heavy atom. The molecule has 4 aliphatic carbocycles. The minimum atomic E-state index is -1.24. The van der Waals surface area contributed by atoms with Crippen LogP contribution >= 0.6 is 0 Å². The van der Waals surface area contributed by atoms with Crippen molar-refractivity contribution >= 4 is 11.9 Å². The fourth-order valence-electron chi connectivity index (χ4n) is 7.93. The number of hydrogen-bond acceptors (Lipinski definition) is 6. The summed E-state index contributed by atoms with van der Waals surface area (Å²) >= 11 is 0. The first-order valence-corrected chi connectivity index (χ1v) is 11.4. The average molecular weight is 437 g/mol. The SMILES string of the molecule is C=C1C[C@]23C[C@@]1(O)CCC2[C@@]12C=CC(O)[C@@](C)(C(=O)O1)C2[C@@H]3C(=O)OCc1ccccc1. The first-order chi connectivity index (χ1) is 15.2. The van der Waals surface area contributed by atoms with Crippen LogP contribution < -0.4 is 0 Å². The number of fused-ring (bicyclic) bond motifs is 1. The molecule has 1 aliphatic heterocycles. The van der Waals surface area contributed by atoms with Gasteiger partial charge in [-0.05, 0) is 55.2 Å². The molecule has 32 heavy (non-hydrogen) atoms. The zero-order valence-electron chi connectivity index (χ0n) is 18.1. The van der Waals surface area contributed by atoms with E-state index in [0.29, 0.717) is 25.7 Å². The molecule has 1 heterocycles. The van der Waals surface area contributed by atoms with E-state index >= 15 is 0 Å². The number of benzene rings is 1. The van der Waals surface area contributed by atoms with Gasteiger partial charge >= 0.3 is 11.9 Å². The van der Waals surface area contributed by atoms with Gasteiger partial charge in [0.05, 0.1) is 17.6 Å². The Bertz CT molecular complexity index is 1060. The lowest BCUT2D eigenvalue weighted by Crippen LogP contribution is -2.51. The second-order valence-corrected chi connectivity index (χ2v) is 10.7. The molecule has 2 N–H and O–H groups in total. The molecule has 0 aromatic heterocycles. The molecule has 6 nitrogen and oxygen atoms in total. The van der Waals surface area contributed by atoms with E-state index in [1.54, 1.807) is 13.0 Å². The molecule has 6 rings (SSSR count). The van der Waals surface area contributed by atoms with Crippen molar-refractivity contribution in [1.29, 1.82) is 0 Å². The van der Waals surface area contributed by atoms with E-state index < -0.39 is 51.9 Å². The summed E-state index contributed by atoms with van der Waals surface area (Å²) in [5.41, 5.74) is -2.20. The molecule has 0 radical (unpaired) electrons. The molecule has 8 atom stereocenters. The zero-order chi connectivity index (χ0) is 22.5. The highest BCUT2D eigenvalue weighted by atomic mass is 16.6. The normalized spacial score (nSPS) is 47.7. The van der Waals surface area contributed by atoms with E-state index in [4.69, 9.17) is 9.47 Å². The number of ether oxygens (including phenoxy) is 2. The topological polar surface area (TPSA) is 93.1 Å². The molecule has 1 aromatic carbocycles. The van der Waals surface area contributed by atoms with E-state index in [0.717, 1.165) is 11.1 Å². The maximum atomic E-state index is 13.8. The number of hydrogen-bond donors (Lipinski definition) is 2. The molecule has 1 aromatic rings. The number of aliphatic hydroxyl groups excluding tert-OH is 1. The quantitative estimate of drug-likeness (QED) is 0.559. The van der Waals surface area contributed by atoms with Gasteiger partial charge in [0.25, 0.3) is 0 Å². The third kappa shape index (κ3) is 2.17. The van der Waals surface area contributed by atoms with E-state index in [2.05, 4.69) is 6.58 Å². The lowest BCUT2D eigenvalue weighted by atomic mass is 9.61. The van der Waals surface area contributed by atoms with Crippen molar-refractivity contribution in [2.75, 3.05) is 0 Å². The fourth-order valence-corrected chi connectivity index (χ4v) is 7.93. The summed E-state index contributed by atoms with van der Waals surface area (Å²) in [5, 5.41) is 22.2. The van der Waals surface area contributed by atoms with E-state index in [1.807, 2.05) is 36.4 Å². The van der Waals surface area contributed by atoms with E-state index in [1.165, 1.54) is 0 Å². The van der Waals surface area contributed by atoms with Gasteiger partial charge in [0, 0.05) is 11.8 Å². The summed E-state index contributed by atoms with van der Waals surface area (Å²) in [6.45, 7) is 5.99. The first-order valence-electron chi connectivity index (χ1n) is 11.4. The maximum absolute atomic E-state index is 13.8. The Kier molecular flexibility index (Phi) is 3.86. The van der Waals surface area contributed by atoms with Crippen molar-refractivity contribution in [2.24, 2.45) is 28.6 Å². The van der Waals surface area contributed by atoms with Crippen LogP contribution in [0.15, 0.2) is 54.6 Å². The van der Waals surface area contributed by atoms with Crippen LogP contribution in [-0.4, -0.2) is 39.5 Å². The highest BCUT2D eigenvalue weighted by Crippen LogP contribution is 2.77. The molecule has 4 fully saturated rings. The number of aliphatic hydroxyl groups is 2. The second-order valence-electron chi connectivity index (χ2n) is 10.7. The summed E-state index contributed by atoms with van der Waals surface area (Å²) in [7, 11) is 0. The molecule has 4 bridgehead atoms. The van der Waals surface area contributed by atoms with E-state index in [-0.39, 0.29) is 12.5 Å². The predicted octanol–water partition coefficient (Wildman–Crippen LogP) is 2.69. The summed E-state index contributed by atoms with van der Waals surface area (Å²) in [6.07, 6.45) is 4.48. The molecule has 3 unspecified atom stereocenters. The molecule has 5 aliphatic rings. The molecule has 6 heteroatoms. The zero-order valence-corrected chi connectivity index (χ0v) is 18.1. The van der Waals surface area contributed by atoms with Crippen LogP contribution in [0.3, 0.4) is 0 Å². The van der Waals surface area contributed by atoms with Gasteiger partial charge in [0.15, 0.2) is 0 Å². The maximum Gasteiger partial charge on any atom is 0.316 e. The largest absolute Gasteiger partial charge is 0.461 e. The fraction of sp³-hybridized carbons (Fsp3) is 0.538. The average Bonchev–Trinajstić information content (AvgIpc) is 3.20. The summed E-state index contributed by atoms with van der Waals surface area (Å²) < 4.78 is 11.9. The van der Waals surface area contributed by atoms with Gasteiger partial charge < -0.3 is 19.7 Å². The van der Waals surface area contributed by atoms with Crippen molar-refractivity contribution in [1.82, 2.24) is 0 Å². The standard InChI is InChI=1S/C26H28O6/c1-15-12-24-14-25(15,30)10-8-17(24)26-11-9-18(27)23(2,22(29)32-26)20(26)19(24)21(28)31-13-16-6-4-3-5-7-16/h3-7,9,11,17-20,27,30H,1,8,10,12-14H2,2H3/t17?,18?,19-,20?,23-,24+,25+,26-/m1/s1. The molecule has 1 spiro atoms. The Hall–Kier alpha value is -2.44. The minimum Gasteiger partial charge on any atom is -0.461 e. The van der Waals surface area contributed by atoms with Crippen LogP contribution in [-0.2, 0) is 25.7 Å². The molecule has 1 saturated heterocycles. The number of rotatable bonds is 3. The second kappa shape index (κ2) is 6.12. The Balaban J connectivity index is 1.47. The monoisotopic (exact) mass is 436 g/mol. The van der Waals surface area contributed by atoms with Gasteiger partial charge in [-0.1, -0.05) is 43.0 Å². The van der Waals surface area contributed by atoms with Crippen molar-refractivity contribution in [2.45, 2.75) is 56.5 Å². The number of esters is 2. The lowest BCUT2D eigenvalue weighted by Gasteiger charge is -2.44. The van der Waals surface area contributed by atoms with Crippen LogP contribution in [0.2, 0.25) is 0 Å². The Morgan fingerprint density at radius 2 is 2.06 bits per heavy atom. The first kappa shape index (κ1) is 20.2. The van der Waals surface area contributed by atoms with Crippen LogP contribution in [0.4, 0.5) is 0 Å². The third-order valence-electron chi connectivity index (χ3n) is 9.33. The van der Waals surface area contributed by atoms with Gasteiger partial charge in [0.2, 0.25) is 0 Å². The van der Waals surface area contributed by atoms with Crippen molar-refractivity contribution in [3.8, 4) is 0 Å². The Labute approximate surface area is 186 Å². The van der Waals surface area contributed by atoms with E-state index in [9.17, 15) is 19.8 Å². The van der Waals surface area contributed by atoms with Crippen LogP contribution in [0.1, 0.15) is 38.2 Å². The van der Waals surface area contributed by atoms with Crippen molar-refractivity contribution in [3.05, 3.63) is 60.2 Å². The predicted molar refractivity (Wildman–Crippen MR) is 114 cm³/mol. The Morgan fingerprint density at radius 3 is 2.81 bits per heavy atom. The smallest absolute Gasteiger partial charge is 0.316 e. The molecule has 168 valence electrons. The highest BCUT2D eigenvalue weighted by molar-refractivity contribution is 5.87. The molecule has 3 saturated carbocycles. The van der Waals surface area contributed by atoms with Gasteiger partial charge in [-0.2, -0.15) is 0 Å². The van der Waals surface area contributed by atoms with Gasteiger partial charge in [-0.25, -0.2) is 0 Å². The number of carbonyl (C=O) groups excluding carboxylic acids is 2. The highest BCUT2D eigenvalue weighted by Gasteiger charge is 2.83. The van der Waals surface area contributed by atoms with Crippen LogP contribution in [0.5, 0.6) is 0 Å². The molecular weight excluding hydrogens is 408 g/mol. The summed E-state index contributed by atoms with van der Waals surface area (Å²) in [6, 6.07) is 9.47. The van der Waals surface area contributed by atoms with Gasteiger partial charge in [-0.15, -0.1) is 0 Å². The lowest BCUT2D eigenvalue weighted by molar-refractivity contribution is -0.166. The van der Waals surface area contributed by atoms with Gasteiger partial charge in [0.1, 0.15) is 17.6 Å². The molecule has 0 amide bonds. The van der Waals surface area contributed by atoms with Crippen molar-refractivity contribution < 1.29 is 29.3 Å². The van der Waals surface area contributed by atoms with Crippen LogP contribution in [0.25, 0.3) is 0 Å². The van der Waals surface area contributed by atoms with Crippen LogP contribution in [0, 0.1) is 28.6 Å². The minimum absolute atomic E-state index is 0.131. The van der Waals surface area contributed by atoms with Gasteiger partial charge in [-0.3, -0.25) is 9.59 Å². The number of carbonyl (C=O) groups is 2. The third-order valence-corrected chi connectivity index (χ3v) is 9.33. The summed E-state index contributed by atoms with van der Waals surface area (Å²) in [4.78, 5) is 26.9. The molecular formula is C26H28O6. The summed E-state index contributed by atoms with van der Waals surface area (Å²) in [5.74, 6) is -2.23.